The Kier molecular flexibility index (Phi) is 4.65. The van der Waals surface area contributed by atoms with E-state index >= 15 is 0 Å². The maximum atomic E-state index is 12.5. The lowest BCUT2D eigenvalue weighted by atomic mass is 10.1. The van der Waals surface area contributed by atoms with Crippen molar-refractivity contribution in [3.8, 4) is 11.3 Å². The van der Waals surface area contributed by atoms with E-state index in [4.69, 9.17) is 0 Å². The topological polar surface area (TPSA) is 37.6 Å². The van der Waals surface area contributed by atoms with Crippen LogP contribution in [0.3, 0.4) is 0 Å². The SMILES string of the molecule is CCc1ccc(-c2cn3cc(C(=O)N(CC)CC)ccc3n2)cc1. The minimum absolute atomic E-state index is 0.0597. The second-order valence-electron chi connectivity index (χ2n) is 5.84. The van der Waals surface area contributed by atoms with Crippen LogP contribution >= 0.6 is 0 Å². The summed E-state index contributed by atoms with van der Waals surface area (Å²) in [5, 5.41) is 0. The molecule has 0 unspecified atom stereocenters. The summed E-state index contributed by atoms with van der Waals surface area (Å²) in [5.41, 5.74) is 4.87. The Labute approximate surface area is 142 Å². The molecule has 1 aromatic carbocycles. The number of hydrogen-bond acceptors (Lipinski definition) is 2. The van der Waals surface area contributed by atoms with Gasteiger partial charge in [0.1, 0.15) is 5.65 Å². The summed E-state index contributed by atoms with van der Waals surface area (Å²) in [4.78, 5) is 19.0. The number of benzene rings is 1. The van der Waals surface area contributed by atoms with Gasteiger partial charge in [0, 0.05) is 31.0 Å². The van der Waals surface area contributed by atoms with Gasteiger partial charge in [0.15, 0.2) is 0 Å². The summed E-state index contributed by atoms with van der Waals surface area (Å²) >= 11 is 0. The number of aryl methyl sites for hydroxylation is 1. The first kappa shape index (κ1) is 16.2. The Morgan fingerprint density at radius 2 is 1.71 bits per heavy atom. The van der Waals surface area contributed by atoms with Gasteiger partial charge in [-0.1, -0.05) is 31.2 Å². The number of fused-ring (bicyclic) bond motifs is 1. The zero-order chi connectivity index (χ0) is 17.1. The lowest BCUT2D eigenvalue weighted by Gasteiger charge is -2.18. The van der Waals surface area contributed by atoms with Gasteiger partial charge >= 0.3 is 0 Å². The molecule has 1 amide bonds. The van der Waals surface area contributed by atoms with E-state index in [0.717, 1.165) is 23.3 Å². The zero-order valence-corrected chi connectivity index (χ0v) is 14.5. The Morgan fingerprint density at radius 3 is 2.33 bits per heavy atom. The molecule has 24 heavy (non-hydrogen) atoms. The monoisotopic (exact) mass is 321 g/mol. The van der Waals surface area contributed by atoms with Crippen LogP contribution in [-0.4, -0.2) is 33.3 Å². The van der Waals surface area contributed by atoms with E-state index < -0.39 is 0 Å². The average Bonchev–Trinajstić information content (AvgIpc) is 3.06. The van der Waals surface area contributed by atoms with Crippen molar-refractivity contribution in [3.63, 3.8) is 0 Å². The Hall–Kier alpha value is -2.62. The van der Waals surface area contributed by atoms with Gasteiger partial charge in [-0.25, -0.2) is 4.98 Å². The van der Waals surface area contributed by atoms with E-state index in [9.17, 15) is 4.79 Å². The molecule has 0 aliphatic heterocycles. The second-order valence-corrected chi connectivity index (χ2v) is 5.84. The first-order chi connectivity index (χ1) is 11.7. The van der Waals surface area contributed by atoms with Gasteiger partial charge in [0.2, 0.25) is 0 Å². The molecular formula is C20H23N3O. The fourth-order valence-corrected chi connectivity index (χ4v) is 2.86. The molecule has 0 spiro atoms. The van der Waals surface area contributed by atoms with Crippen molar-refractivity contribution in [2.24, 2.45) is 0 Å². The van der Waals surface area contributed by atoms with Gasteiger partial charge in [0.05, 0.1) is 11.3 Å². The van der Waals surface area contributed by atoms with E-state index in [-0.39, 0.29) is 5.91 Å². The van der Waals surface area contributed by atoms with Crippen molar-refractivity contribution in [1.29, 1.82) is 0 Å². The summed E-state index contributed by atoms with van der Waals surface area (Å²) in [5.74, 6) is 0.0597. The summed E-state index contributed by atoms with van der Waals surface area (Å²) < 4.78 is 1.93. The standard InChI is InChI=1S/C20H23N3O/c1-4-15-7-9-16(10-8-15)18-14-23-13-17(11-12-19(23)21-18)20(24)22(5-2)6-3/h7-14H,4-6H2,1-3H3. The first-order valence-corrected chi connectivity index (χ1v) is 8.53. The number of rotatable bonds is 5. The van der Waals surface area contributed by atoms with Crippen molar-refractivity contribution >= 4 is 11.6 Å². The van der Waals surface area contributed by atoms with Gasteiger partial charge in [-0.15, -0.1) is 0 Å². The van der Waals surface area contributed by atoms with E-state index in [2.05, 4.69) is 36.2 Å². The van der Waals surface area contributed by atoms with E-state index in [0.29, 0.717) is 18.7 Å². The fourth-order valence-electron chi connectivity index (χ4n) is 2.86. The molecule has 4 heteroatoms. The predicted octanol–water partition coefficient (Wildman–Crippen LogP) is 4.05. The van der Waals surface area contributed by atoms with Gasteiger partial charge < -0.3 is 9.30 Å². The first-order valence-electron chi connectivity index (χ1n) is 8.53. The lowest BCUT2D eigenvalue weighted by Crippen LogP contribution is -2.30. The Balaban J connectivity index is 1.95. The molecule has 0 aliphatic rings. The normalized spacial score (nSPS) is 11.0. The quantitative estimate of drug-likeness (QED) is 0.711. The van der Waals surface area contributed by atoms with Crippen LogP contribution in [-0.2, 0) is 6.42 Å². The van der Waals surface area contributed by atoms with Crippen molar-refractivity contribution in [3.05, 3.63) is 59.9 Å². The fraction of sp³-hybridized carbons (Fsp3) is 0.300. The molecule has 0 saturated heterocycles. The third-order valence-corrected chi connectivity index (χ3v) is 4.41. The third kappa shape index (κ3) is 3.04. The van der Waals surface area contributed by atoms with E-state index in [1.54, 1.807) is 0 Å². The van der Waals surface area contributed by atoms with Crippen LogP contribution in [0.15, 0.2) is 48.8 Å². The largest absolute Gasteiger partial charge is 0.339 e. The molecule has 0 aliphatic carbocycles. The number of carbonyl (C=O) groups is 1. The maximum Gasteiger partial charge on any atom is 0.255 e. The van der Waals surface area contributed by atoms with Crippen molar-refractivity contribution in [2.45, 2.75) is 27.2 Å². The molecule has 0 radical (unpaired) electrons. The molecule has 0 atom stereocenters. The minimum atomic E-state index is 0.0597. The van der Waals surface area contributed by atoms with Gasteiger partial charge in [-0.3, -0.25) is 4.79 Å². The highest BCUT2D eigenvalue weighted by atomic mass is 16.2. The Bertz CT molecular complexity index is 845. The molecule has 4 nitrogen and oxygen atoms in total. The van der Waals surface area contributed by atoms with Crippen LogP contribution in [0.2, 0.25) is 0 Å². The van der Waals surface area contributed by atoms with Crippen LogP contribution in [0, 0.1) is 0 Å². The molecule has 3 rings (SSSR count). The predicted molar refractivity (Wildman–Crippen MR) is 97.3 cm³/mol. The molecule has 0 bridgehead atoms. The smallest absolute Gasteiger partial charge is 0.255 e. The number of aromatic nitrogens is 2. The molecule has 2 heterocycles. The summed E-state index contributed by atoms with van der Waals surface area (Å²) in [7, 11) is 0. The summed E-state index contributed by atoms with van der Waals surface area (Å²) in [6.45, 7) is 7.57. The average molecular weight is 321 g/mol. The van der Waals surface area contributed by atoms with E-state index in [1.165, 1.54) is 5.56 Å². The van der Waals surface area contributed by atoms with Crippen molar-refractivity contribution in [1.82, 2.24) is 14.3 Å². The molecular weight excluding hydrogens is 298 g/mol. The highest BCUT2D eigenvalue weighted by Crippen LogP contribution is 2.20. The van der Waals surface area contributed by atoms with E-state index in [1.807, 2.05) is 47.7 Å². The number of carbonyl (C=O) groups excluding carboxylic acids is 1. The lowest BCUT2D eigenvalue weighted by molar-refractivity contribution is 0.0772. The van der Waals surface area contributed by atoms with Crippen molar-refractivity contribution < 1.29 is 4.79 Å². The number of imidazole rings is 1. The van der Waals surface area contributed by atoms with Crippen LogP contribution in [0.1, 0.15) is 36.7 Å². The number of hydrogen-bond donors (Lipinski definition) is 0. The molecule has 2 aromatic heterocycles. The highest BCUT2D eigenvalue weighted by molar-refractivity contribution is 5.94. The Morgan fingerprint density at radius 1 is 1.00 bits per heavy atom. The zero-order valence-electron chi connectivity index (χ0n) is 14.5. The van der Waals surface area contributed by atoms with Crippen LogP contribution in [0.25, 0.3) is 16.9 Å². The van der Waals surface area contributed by atoms with Crippen LogP contribution in [0.4, 0.5) is 0 Å². The molecule has 0 fully saturated rings. The second kappa shape index (κ2) is 6.87. The minimum Gasteiger partial charge on any atom is -0.339 e. The third-order valence-electron chi connectivity index (χ3n) is 4.41. The van der Waals surface area contributed by atoms with Crippen LogP contribution in [0.5, 0.6) is 0 Å². The van der Waals surface area contributed by atoms with Gasteiger partial charge in [-0.05, 0) is 38.0 Å². The maximum absolute atomic E-state index is 12.5. The highest BCUT2D eigenvalue weighted by Gasteiger charge is 2.13. The van der Waals surface area contributed by atoms with Crippen molar-refractivity contribution in [2.75, 3.05) is 13.1 Å². The number of pyridine rings is 1. The number of nitrogens with zero attached hydrogens (tertiary/aromatic N) is 3. The van der Waals surface area contributed by atoms with Gasteiger partial charge in [-0.2, -0.15) is 0 Å². The molecule has 3 aromatic rings. The number of amides is 1. The molecule has 0 saturated carbocycles. The van der Waals surface area contributed by atoms with Gasteiger partial charge in [0.25, 0.3) is 5.91 Å². The summed E-state index contributed by atoms with van der Waals surface area (Å²) in [6.07, 6.45) is 4.88. The molecule has 124 valence electrons. The molecule has 0 N–H and O–H groups in total. The van der Waals surface area contributed by atoms with Crippen LogP contribution < -0.4 is 0 Å². The summed E-state index contributed by atoms with van der Waals surface area (Å²) in [6, 6.07) is 12.2.